The van der Waals surface area contributed by atoms with Gasteiger partial charge in [-0.3, -0.25) is 15.0 Å². The molecule has 3 rings (SSSR count). The first-order valence-electron chi connectivity index (χ1n) is 7.22. The summed E-state index contributed by atoms with van der Waals surface area (Å²) in [5.74, 6) is -1.13. The Morgan fingerprint density at radius 1 is 0.958 bits per heavy atom. The maximum Gasteiger partial charge on any atom is 0.252 e. The Morgan fingerprint density at radius 2 is 1.54 bits per heavy atom. The number of primary amides is 1. The van der Waals surface area contributed by atoms with Crippen LogP contribution in [0.1, 0.15) is 26.4 Å². The number of hydrogen-bond donors (Lipinski definition) is 2. The van der Waals surface area contributed by atoms with Gasteiger partial charge < -0.3 is 5.73 Å². The second-order valence-electron chi connectivity index (χ2n) is 5.10. The van der Waals surface area contributed by atoms with Gasteiger partial charge in [0.15, 0.2) is 5.49 Å². The van der Waals surface area contributed by atoms with Crippen LogP contribution in [-0.2, 0) is 0 Å². The molecule has 0 saturated heterocycles. The van der Waals surface area contributed by atoms with E-state index in [0.29, 0.717) is 11.3 Å². The lowest BCUT2D eigenvalue weighted by molar-refractivity contribution is 0.0997. The molecule has 0 spiro atoms. The van der Waals surface area contributed by atoms with Crippen LogP contribution < -0.4 is 11.2 Å². The summed E-state index contributed by atoms with van der Waals surface area (Å²) in [6, 6.07) is 18.7. The van der Waals surface area contributed by atoms with E-state index in [9.17, 15) is 9.59 Å². The number of benzene rings is 2. The number of aromatic nitrogens is 2. The van der Waals surface area contributed by atoms with Crippen molar-refractivity contribution in [1.82, 2.24) is 9.78 Å². The number of hydrogen-bond acceptors (Lipinski definition) is 4. The van der Waals surface area contributed by atoms with Crippen molar-refractivity contribution in [2.75, 3.05) is 0 Å². The third kappa shape index (κ3) is 2.85. The molecule has 6 heteroatoms. The van der Waals surface area contributed by atoms with E-state index < -0.39 is 5.91 Å². The molecule has 0 unspecified atom stereocenters. The number of carbonyl (C=O) groups excluding carboxylic acids is 2. The molecule has 1 heterocycles. The smallest absolute Gasteiger partial charge is 0.252 e. The van der Waals surface area contributed by atoms with Gasteiger partial charge >= 0.3 is 0 Å². The first-order chi connectivity index (χ1) is 11.6. The summed E-state index contributed by atoms with van der Waals surface area (Å²) in [7, 11) is 0. The predicted molar refractivity (Wildman–Crippen MR) is 87.8 cm³/mol. The van der Waals surface area contributed by atoms with E-state index in [4.69, 9.17) is 11.1 Å². The summed E-state index contributed by atoms with van der Waals surface area (Å²) in [6.45, 7) is 0. The number of nitrogens with two attached hydrogens (primary N) is 1. The second-order valence-corrected chi connectivity index (χ2v) is 5.10. The summed E-state index contributed by atoms with van der Waals surface area (Å²) in [4.78, 5) is 24.3. The lowest BCUT2D eigenvalue weighted by atomic mass is 10.1. The van der Waals surface area contributed by atoms with E-state index in [1.807, 2.05) is 6.07 Å². The quantitative estimate of drug-likeness (QED) is 0.715. The number of nitrogens with one attached hydrogen (secondary N) is 1. The average molecular weight is 318 g/mol. The minimum absolute atomic E-state index is 0.0508. The average Bonchev–Trinajstić information content (AvgIpc) is 2.62. The zero-order valence-electron chi connectivity index (χ0n) is 12.6. The molecule has 2 aromatic carbocycles. The van der Waals surface area contributed by atoms with Crippen LogP contribution in [0.3, 0.4) is 0 Å². The standard InChI is InChI=1S/C18H14N4O2/c19-17-14(18(20)24)11-15(16(23)12-7-3-1-4-8-12)21-22(17)13-9-5-2-6-10-13/h1-11,19H,(H2,20,24). The van der Waals surface area contributed by atoms with E-state index in [1.54, 1.807) is 54.6 Å². The fourth-order valence-electron chi connectivity index (χ4n) is 2.30. The highest BCUT2D eigenvalue weighted by atomic mass is 16.1. The minimum Gasteiger partial charge on any atom is -0.365 e. The number of carbonyl (C=O) groups is 2. The van der Waals surface area contributed by atoms with Gasteiger partial charge in [0.1, 0.15) is 5.69 Å². The SMILES string of the molecule is N=c1c(C(N)=O)cc(C(=O)c2ccccc2)nn1-c1ccccc1. The van der Waals surface area contributed by atoms with Crippen LogP contribution in [0.5, 0.6) is 0 Å². The van der Waals surface area contributed by atoms with Crippen molar-refractivity contribution in [1.29, 1.82) is 5.41 Å². The van der Waals surface area contributed by atoms with E-state index in [0.717, 1.165) is 0 Å². The molecule has 0 aliphatic rings. The fourth-order valence-corrected chi connectivity index (χ4v) is 2.30. The highest BCUT2D eigenvalue weighted by Crippen LogP contribution is 2.10. The monoisotopic (exact) mass is 318 g/mol. The van der Waals surface area contributed by atoms with Gasteiger partial charge in [-0.1, -0.05) is 48.5 Å². The maximum atomic E-state index is 12.6. The molecule has 0 bridgehead atoms. The van der Waals surface area contributed by atoms with Gasteiger partial charge in [0.25, 0.3) is 5.91 Å². The van der Waals surface area contributed by atoms with Crippen LogP contribution in [0.25, 0.3) is 5.69 Å². The van der Waals surface area contributed by atoms with Crippen LogP contribution in [0.4, 0.5) is 0 Å². The fraction of sp³-hybridized carbons (Fsp3) is 0. The Balaban J connectivity index is 2.21. The Labute approximate surface area is 137 Å². The van der Waals surface area contributed by atoms with Crippen LogP contribution in [0.2, 0.25) is 0 Å². The highest BCUT2D eigenvalue weighted by Gasteiger charge is 2.17. The van der Waals surface area contributed by atoms with Gasteiger partial charge in [0.2, 0.25) is 5.78 Å². The van der Waals surface area contributed by atoms with Crippen molar-refractivity contribution in [2.45, 2.75) is 0 Å². The third-order valence-electron chi connectivity index (χ3n) is 3.49. The first-order valence-corrected chi connectivity index (χ1v) is 7.22. The van der Waals surface area contributed by atoms with Crippen LogP contribution in [0, 0.1) is 5.41 Å². The topological polar surface area (TPSA) is 102 Å². The molecular formula is C18H14N4O2. The van der Waals surface area contributed by atoms with E-state index in [2.05, 4.69) is 5.10 Å². The summed E-state index contributed by atoms with van der Waals surface area (Å²) < 4.78 is 1.23. The first kappa shape index (κ1) is 15.4. The Hall–Kier alpha value is -3.54. The highest BCUT2D eigenvalue weighted by molar-refractivity contribution is 6.08. The van der Waals surface area contributed by atoms with Gasteiger partial charge in [-0.15, -0.1) is 0 Å². The molecule has 0 aliphatic carbocycles. The maximum absolute atomic E-state index is 12.6. The van der Waals surface area contributed by atoms with Crippen molar-refractivity contribution < 1.29 is 9.59 Å². The molecule has 118 valence electrons. The van der Waals surface area contributed by atoms with Crippen molar-refractivity contribution in [3.63, 3.8) is 0 Å². The summed E-state index contributed by atoms with van der Waals surface area (Å²) in [5.41, 5.74) is 6.18. The molecule has 3 N–H and O–H groups in total. The lowest BCUT2D eigenvalue weighted by Crippen LogP contribution is -2.32. The molecule has 0 fully saturated rings. The van der Waals surface area contributed by atoms with Crippen LogP contribution in [0.15, 0.2) is 66.7 Å². The number of amides is 1. The third-order valence-corrected chi connectivity index (χ3v) is 3.49. The van der Waals surface area contributed by atoms with Crippen molar-refractivity contribution in [3.05, 3.63) is 89.0 Å². The predicted octanol–water partition coefficient (Wildman–Crippen LogP) is 1.68. The number of rotatable bonds is 4. The van der Waals surface area contributed by atoms with Gasteiger partial charge in [0.05, 0.1) is 11.3 Å². The second kappa shape index (κ2) is 6.29. The normalized spacial score (nSPS) is 10.3. The summed E-state index contributed by atoms with van der Waals surface area (Å²) in [6.07, 6.45) is 0. The molecular weight excluding hydrogens is 304 g/mol. The molecule has 0 atom stereocenters. The molecule has 6 nitrogen and oxygen atoms in total. The van der Waals surface area contributed by atoms with E-state index in [1.165, 1.54) is 10.7 Å². The van der Waals surface area contributed by atoms with Gasteiger partial charge in [-0.2, -0.15) is 5.10 Å². The number of nitrogens with zero attached hydrogens (tertiary/aromatic N) is 2. The zero-order chi connectivity index (χ0) is 17.1. The Morgan fingerprint density at radius 3 is 2.12 bits per heavy atom. The number of para-hydroxylation sites is 1. The van der Waals surface area contributed by atoms with Crippen LogP contribution >= 0.6 is 0 Å². The molecule has 1 amide bonds. The molecule has 0 aliphatic heterocycles. The molecule has 0 radical (unpaired) electrons. The molecule has 3 aromatic rings. The van der Waals surface area contributed by atoms with E-state index >= 15 is 0 Å². The zero-order valence-corrected chi connectivity index (χ0v) is 12.6. The molecule has 0 saturated carbocycles. The molecule has 24 heavy (non-hydrogen) atoms. The lowest BCUT2D eigenvalue weighted by Gasteiger charge is -2.10. The Kier molecular flexibility index (Phi) is 4.03. The molecule has 1 aromatic heterocycles. The van der Waals surface area contributed by atoms with Gasteiger partial charge in [0, 0.05) is 5.56 Å². The largest absolute Gasteiger partial charge is 0.365 e. The summed E-state index contributed by atoms with van der Waals surface area (Å²) in [5, 5.41) is 12.4. The van der Waals surface area contributed by atoms with Gasteiger partial charge in [-0.25, -0.2) is 4.68 Å². The van der Waals surface area contributed by atoms with Crippen molar-refractivity contribution >= 4 is 11.7 Å². The Bertz CT molecular complexity index is 963. The van der Waals surface area contributed by atoms with Gasteiger partial charge in [-0.05, 0) is 18.2 Å². The van der Waals surface area contributed by atoms with Crippen molar-refractivity contribution in [2.24, 2.45) is 5.73 Å². The summed E-state index contributed by atoms with van der Waals surface area (Å²) >= 11 is 0. The van der Waals surface area contributed by atoms with Crippen LogP contribution in [-0.4, -0.2) is 21.5 Å². The van der Waals surface area contributed by atoms with Crippen molar-refractivity contribution in [3.8, 4) is 5.69 Å². The minimum atomic E-state index is -0.783. The number of ketones is 1. The van der Waals surface area contributed by atoms with E-state index in [-0.39, 0.29) is 22.5 Å².